The molecule has 8 nitrogen and oxygen atoms in total. The fourth-order valence-corrected chi connectivity index (χ4v) is 2.24. The zero-order valence-corrected chi connectivity index (χ0v) is 15.6. The van der Waals surface area contributed by atoms with Gasteiger partial charge in [0.2, 0.25) is 0 Å². The van der Waals surface area contributed by atoms with Gasteiger partial charge in [-0.1, -0.05) is 0 Å². The first kappa shape index (κ1) is 21.5. The summed E-state index contributed by atoms with van der Waals surface area (Å²) in [7, 11) is 0. The molecule has 0 amide bonds. The Kier molecular flexibility index (Phi) is 9.09. The molecular weight excluding hydrogens is 360 g/mol. The van der Waals surface area contributed by atoms with Gasteiger partial charge in [0.25, 0.3) is 0 Å². The number of aliphatic imine (C=N–C) groups is 2. The molecule has 0 aliphatic heterocycles. The Morgan fingerprint density at radius 2 is 1.04 bits per heavy atom. The van der Waals surface area contributed by atoms with E-state index in [1.54, 1.807) is 48.5 Å². The molecule has 2 rings (SSSR count). The number of nitrogens with zero attached hydrogens (tertiary/aromatic N) is 2. The van der Waals surface area contributed by atoms with E-state index in [1.165, 1.54) is 0 Å². The molecule has 2 aromatic carbocycles. The third-order valence-corrected chi connectivity index (χ3v) is 3.60. The summed E-state index contributed by atoms with van der Waals surface area (Å²) >= 11 is 0. The van der Waals surface area contributed by atoms with Crippen molar-refractivity contribution in [2.24, 2.45) is 9.98 Å². The molecule has 0 saturated carbocycles. The van der Waals surface area contributed by atoms with E-state index in [9.17, 15) is 0 Å². The Morgan fingerprint density at radius 1 is 0.679 bits per heavy atom. The third-order valence-electron chi connectivity index (χ3n) is 3.60. The van der Waals surface area contributed by atoms with Crippen LogP contribution in [0.2, 0.25) is 0 Å². The molecule has 0 heterocycles. The van der Waals surface area contributed by atoms with E-state index in [4.69, 9.17) is 31.2 Å². The predicted molar refractivity (Wildman–Crippen MR) is 112 cm³/mol. The molecular formula is C20H26N4O4. The minimum absolute atomic E-state index is 0.0966. The van der Waals surface area contributed by atoms with E-state index in [2.05, 4.69) is 9.98 Å². The molecule has 0 atom stereocenters. The quantitative estimate of drug-likeness (QED) is 0.264. The number of hydrogen-bond acceptors (Lipinski definition) is 8. The first-order valence-electron chi connectivity index (χ1n) is 8.86. The maximum atomic E-state index is 9.00. The van der Waals surface area contributed by atoms with Crippen LogP contribution in [0.1, 0.15) is 0 Å². The van der Waals surface area contributed by atoms with Crippen molar-refractivity contribution in [1.82, 2.24) is 0 Å². The highest BCUT2D eigenvalue weighted by Gasteiger charge is 2.12. The lowest BCUT2D eigenvalue weighted by atomic mass is 10.2. The fourth-order valence-electron chi connectivity index (χ4n) is 2.24. The van der Waals surface area contributed by atoms with E-state index in [0.717, 1.165) is 0 Å². The Balaban J connectivity index is 2.36. The van der Waals surface area contributed by atoms with Gasteiger partial charge in [-0.05, 0) is 48.5 Å². The van der Waals surface area contributed by atoms with Gasteiger partial charge < -0.3 is 31.2 Å². The third kappa shape index (κ3) is 7.45. The lowest BCUT2D eigenvalue weighted by Gasteiger charge is -2.12. The molecule has 0 aromatic heterocycles. The summed E-state index contributed by atoms with van der Waals surface area (Å²) in [6.45, 7) is 0.435. The van der Waals surface area contributed by atoms with Crippen LogP contribution < -0.4 is 11.5 Å². The van der Waals surface area contributed by atoms with Crippen molar-refractivity contribution in [3.63, 3.8) is 0 Å². The number of benzene rings is 2. The summed E-state index contributed by atoms with van der Waals surface area (Å²) in [5, 5.41) is 18.0. The number of aliphatic hydroxyl groups is 2. The molecule has 0 radical (unpaired) electrons. The molecule has 6 N–H and O–H groups in total. The van der Waals surface area contributed by atoms with Gasteiger partial charge in [0.05, 0.1) is 62.4 Å². The van der Waals surface area contributed by atoms with Crippen LogP contribution in [0.5, 0.6) is 0 Å². The number of rotatable bonds is 11. The average Bonchev–Trinajstić information content (AvgIpc) is 2.70. The molecule has 0 fully saturated rings. The molecule has 0 spiro atoms. The van der Waals surface area contributed by atoms with Gasteiger partial charge >= 0.3 is 0 Å². The number of aliphatic hydroxyl groups excluding tert-OH is 2. The second kappa shape index (κ2) is 11.8. The second-order valence-corrected chi connectivity index (χ2v) is 5.85. The van der Waals surface area contributed by atoms with Crippen LogP contribution in [0.25, 0.3) is 0 Å². The minimum atomic E-state index is -0.0966. The number of anilines is 2. The minimum Gasteiger partial charge on any atom is -0.399 e. The standard InChI is InChI=1S/C20H26N4O4/c21-15-1-5-17(6-2-15)23-19(13-27-11-9-25)20(14-28-12-10-26)24-18-7-3-16(22)4-8-18/h1-8,25-26H,9-14,21-22H2. The highest BCUT2D eigenvalue weighted by atomic mass is 16.5. The van der Waals surface area contributed by atoms with Crippen LogP contribution in [0.15, 0.2) is 58.5 Å². The van der Waals surface area contributed by atoms with Crippen LogP contribution in [0, 0.1) is 0 Å². The van der Waals surface area contributed by atoms with Crippen molar-refractivity contribution in [2.75, 3.05) is 51.1 Å². The summed E-state index contributed by atoms with van der Waals surface area (Å²) in [5.74, 6) is 0. The fraction of sp³-hybridized carbons (Fsp3) is 0.300. The molecule has 2 aromatic rings. The van der Waals surface area contributed by atoms with E-state index in [0.29, 0.717) is 34.2 Å². The van der Waals surface area contributed by atoms with Gasteiger partial charge in [-0.15, -0.1) is 0 Å². The highest BCUT2D eigenvalue weighted by molar-refractivity contribution is 6.44. The average molecular weight is 386 g/mol. The van der Waals surface area contributed by atoms with Crippen molar-refractivity contribution in [1.29, 1.82) is 0 Å². The lowest BCUT2D eigenvalue weighted by Crippen LogP contribution is -2.26. The van der Waals surface area contributed by atoms with E-state index in [-0.39, 0.29) is 39.6 Å². The highest BCUT2D eigenvalue weighted by Crippen LogP contribution is 2.18. The van der Waals surface area contributed by atoms with E-state index < -0.39 is 0 Å². The lowest BCUT2D eigenvalue weighted by molar-refractivity contribution is 0.115. The number of ether oxygens (including phenoxy) is 2. The molecule has 8 heteroatoms. The Bertz CT molecular complexity index is 706. The number of nitrogen functional groups attached to an aromatic ring is 2. The topological polar surface area (TPSA) is 136 Å². The Hall–Kier alpha value is -2.78. The second-order valence-electron chi connectivity index (χ2n) is 5.85. The SMILES string of the molecule is Nc1ccc(N=C(COCCO)C(COCCO)=Nc2ccc(N)cc2)cc1. The van der Waals surface area contributed by atoms with Crippen LogP contribution in [-0.4, -0.2) is 61.3 Å². The normalized spacial score (nSPS) is 12.4. The first-order valence-corrected chi connectivity index (χ1v) is 8.86. The van der Waals surface area contributed by atoms with E-state index in [1.807, 2.05) is 0 Å². The molecule has 150 valence electrons. The zero-order valence-electron chi connectivity index (χ0n) is 15.6. The first-order chi connectivity index (χ1) is 13.6. The maximum Gasteiger partial charge on any atom is 0.0908 e. The van der Waals surface area contributed by atoms with E-state index >= 15 is 0 Å². The van der Waals surface area contributed by atoms with Crippen molar-refractivity contribution in [2.45, 2.75) is 0 Å². The van der Waals surface area contributed by atoms with Gasteiger partial charge in [-0.25, -0.2) is 9.98 Å². The van der Waals surface area contributed by atoms with Crippen LogP contribution in [0.4, 0.5) is 22.7 Å². The zero-order chi connectivity index (χ0) is 20.2. The van der Waals surface area contributed by atoms with Crippen molar-refractivity contribution >= 4 is 34.2 Å². The molecule has 0 aliphatic carbocycles. The largest absolute Gasteiger partial charge is 0.399 e. The number of hydrogen-bond donors (Lipinski definition) is 4. The van der Waals surface area contributed by atoms with Crippen LogP contribution >= 0.6 is 0 Å². The molecule has 0 bridgehead atoms. The summed E-state index contributed by atoms with van der Waals surface area (Å²) in [4.78, 5) is 9.24. The summed E-state index contributed by atoms with van der Waals surface area (Å²) in [6, 6.07) is 14.2. The monoisotopic (exact) mass is 386 g/mol. The molecule has 28 heavy (non-hydrogen) atoms. The van der Waals surface area contributed by atoms with Gasteiger partial charge in [0.15, 0.2) is 0 Å². The van der Waals surface area contributed by atoms with Gasteiger partial charge in [-0.3, -0.25) is 0 Å². The maximum absolute atomic E-state index is 9.00. The van der Waals surface area contributed by atoms with Crippen molar-refractivity contribution in [3.8, 4) is 0 Å². The molecule has 0 aliphatic rings. The molecule has 0 unspecified atom stereocenters. The number of nitrogens with two attached hydrogens (primary N) is 2. The molecule has 0 saturated heterocycles. The van der Waals surface area contributed by atoms with Crippen LogP contribution in [0.3, 0.4) is 0 Å². The summed E-state index contributed by atoms with van der Waals surface area (Å²) < 4.78 is 10.9. The Labute approximate surface area is 164 Å². The van der Waals surface area contributed by atoms with Crippen LogP contribution in [-0.2, 0) is 9.47 Å². The predicted octanol–water partition coefficient (Wildman–Crippen LogP) is 1.71. The Morgan fingerprint density at radius 3 is 1.36 bits per heavy atom. The summed E-state index contributed by atoms with van der Waals surface area (Å²) in [5.41, 5.74) is 15.2. The summed E-state index contributed by atoms with van der Waals surface area (Å²) in [6.07, 6.45) is 0. The van der Waals surface area contributed by atoms with Crippen molar-refractivity contribution in [3.05, 3.63) is 48.5 Å². The van der Waals surface area contributed by atoms with Crippen molar-refractivity contribution < 1.29 is 19.7 Å². The van der Waals surface area contributed by atoms with Gasteiger partial charge in [0.1, 0.15) is 0 Å². The van der Waals surface area contributed by atoms with Gasteiger partial charge in [0, 0.05) is 11.4 Å². The van der Waals surface area contributed by atoms with Gasteiger partial charge in [-0.2, -0.15) is 0 Å². The smallest absolute Gasteiger partial charge is 0.0908 e.